The molecule has 0 saturated carbocycles. The Morgan fingerprint density at radius 3 is 1.77 bits per heavy atom. The fourth-order valence-electron chi connectivity index (χ4n) is 3.26. The van der Waals surface area contributed by atoms with E-state index >= 15 is 0 Å². The van der Waals surface area contributed by atoms with Gasteiger partial charge in [0, 0.05) is 19.3 Å². The van der Waals surface area contributed by atoms with E-state index in [1.54, 1.807) is 0 Å². The SMILES string of the molecule is NC(=O)CCC(NC(=O)C(CC(N)=O)NC(=O)C(Cc1ccc(O)cc1)NC(=O)C(N)CCC(=O)O)C(=O)O. The van der Waals surface area contributed by atoms with Gasteiger partial charge in [-0.15, -0.1) is 0 Å². The zero-order chi connectivity index (χ0) is 29.7. The van der Waals surface area contributed by atoms with Crippen molar-refractivity contribution in [2.75, 3.05) is 0 Å². The molecule has 0 spiro atoms. The van der Waals surface area contributed by atoms with Crippen molar-refractivity contribution in [2.24, 2.45) is 17.2 Å². The van der Waals surface area contributed by atoms with Gasteiger partial charge >= 0.3 is 11.9 Å². The second-order valence-electron chi connectivity index (χ2n) is 8.61. The molecule has 16 heteroatoms. The van der Waals surface area contributed by atoms with Crippen LogP contribution in [0.1, 0.15) is 37.7 Å². The molecule has 0 heterocycles. The van der Waals surface area contributed by atoms with Crippen molar-refractivity contribution in [2.45, 2.75) is 62.7 Å². The van der Waals surface area contributed by atoms with Crippen LogP contribution in [0.15, 0.2) is 24.3 Å². The summed E-state index contributed by atoms with van der Waals surface area (Å²) in [5.41, 5.74) is 16.4. The molecule has 0 aromatic heterocycles. The van der Waals surface area contributed by atoms with Gasteiger partial charge in [0.15, 0.2) is 0 Å². The highest BCUT2D eigenvalue weighted by atomic mass is 16.4. The number of phenolic OH excluding ortho intramolecular Hbond substituents is 1. The predicted molar refractivity (Wildman–Crippen MR) is 132 cm³/mol. The van der Waals surface area contributed by atoms with Gasteiger partial charge in [-0.05, 0) is 30.5 Å². The number of carbonyl (C=O) groups excluding carboxylic acids is 5. The maximum atomic E-state index is 13.1. The topological polar surface area (TPSA) is 294 Å². The van der Waals surface area contributed by atoms with E-state index in [1.807, 2.05) is 0 Å². The number of nitrogens with two attached hydrogens (primary N) is 3. The van der Waals surface area contributed by atoms with Crippen molar-refractivity contribution in [1.29, 1.82) is 0 Å². The lowest BCUT2D eigenvalue weighted by Crippen LogP contribution is -2.58. The van der Waals surface area contributed by atoms with Gasteiger partial charge in [0.2, 0.25) is 29.5 Å². The fraction of sp³-hybridized carbons (Fsp3) is 0.435. The number of hydrogen-bond acceptors (Lipinski definition) is 9. The van der Waals surface area contributed by atoms with E-state index in [-0.39, 0.29) is 31.4 Å². The van der Waals surface area contributed by atoms with E-state index in [0.29, 0.717) is 5.56 Å². The summed E-state index contributed by atoms with van der Waals surface area (Å²) in [6.45, 7) is 0. The minimum atomic E-state index is -1.66. The van der Waals surface area contributed by atoms with E-state index in [1.165, 1.54) is 24.3 Å². The van der Waals surface area contributed by atoms with Crippen molar-refractivity contribution in [3.05, 3.63) is 29.8 Å². The third kappa shape index (κ3) is 12.4. The van der Waals surface area contributed by atoms with E-state index in [0.717, 1.165) is 0 Å². The van der Waals surface area contributed by atoms with Crippen molar-refractivity contribution in [1.82, 2.24) is 16.0 Å². The summed E-state index contributed by atoms with van der Waals surface area (Å²) in [5, 5.41) is 34.3. The molecule has 0 radical (unpaired) electrons. The zero-order valence-corrected chi connectivity index (χ0v) is 20.8. The van der Waals surface area contributed by atoms with Gasteiger partial charge in [-0.2, -0.15) is 0 Å². The summed E-state index contributed by atoms with van der Waals surface area (Å²) in [6.07, 6.45) is -2.29. The number of carboxylic acid groups (broad SMARTS) is 2. The monoisotopic (exact) mass is 552 g/mol. The van der Waals surface area contributed by atoms with Crippen LogP contribution in [0.3, 0.4) is 0 Å². The third-order valence-corrected chi connectivity index (χ3v) is 5.35. The van der Waals surface area contributed by atoms with E-state index in [2.05, 4.69) is 16.0 Å². The molecule has 1 rings (SSSR count). The van der Waals surface area contributed by atoms with Gasteiger partial charge in [0.1, 0.15) is 23.9 Å². The van der Waals surface area contributed by atoms with Crippen molar-refractivity contribution >= 4 is 41.5 Å². The number of carboxylic acids is 2. The second-order valence-corrected chi connectivity index (χ2v) is 8.61. The van der Waals surface area contributed by atoms with Crippen LogP contribution in [0.2, 0.25) is 0 Å². The highest BCUT2D eigenvalue weighted by Gasteiger charge is 2.31. The average molecular weight is 553 g/mol. The molecule has 0 fully saturated rings. The largest absolute Gasteiger partial charge is 0.508 e. The molecule has 1 aromatic rings. The molecule has 5 amide bonds. The Bertz CT molecular complexity index is 1080. The number of benzene rings is 1. The second kappa shape index (κ2) is 15.5. The minimum absolute atomic E-state index is 0.0676. The Morgan fingerprint density at radius 1 is 0.718 bits per heavy atom. The standard InChI is InChI=1S/C23H32N6O10/c24-13(5-8-19(33)34)20(35)28-15(9-11-1-3-12(30)4-2-11)21(36)29-16(10-18(26)32)22(37)27-14(23(38)39)6-7-17(25)31/h1-4,13-16,30H,5-10,24H2,(H2,25,31)(H2,26,32)(H,27,37)(H,28,35)(H,29,36)(H,33,34)(H,38,39). The van der Waals surface area contributed by atoms with Crippen LogP contribution in [0, 0.1) is 0 Å². The number of amides is 5. The quantitative estimate of drug-likeness (QED) is 0.0927. The molecule has 39 heavy (non-hydrogen) atoms. The first-order valence-electron chi connectivity index (χ1n) is 11.6. The van der Waals surface area contributed by atoms with Crippen LogP contribution in [-0.4, -0.2) is 81.0 Å². The van der Waals surface area contributed by atoms with E-state index < -0.39 is 78.5 Å². The van der Waals surface area contributed by atoms with Crippen molar-refractivity contribution in [3.8, 4) is 5.75 Å². The molecule has 1 aromatic carbocycles. The first kappa shape index (κ1) is 32.3. The van der Waals surface area contributed by atoms with Gasteiger partial charge in [0.05, 0.1) is 12.5 Å². The average Bonchev–Trinajstić information content (AvgIpc) is 2.84. The number of hydrogen-bond donors (Lipinski definition) is 9. The Hall–Kier alpha value is -4.73. The number of phenols is 1. The highest BCUT2D eigenvalue weighted by molar-refractivity contribution is 5.96. The van der Waals surface area contributed by atoms with Crippen LogP contribution < -0.4 is 33.2 Å². The molecule has 12 N–H and O–H groups in total. The Kier molecular flexibility index (Phi) is 12.8. The Labute approximate surface area is 222 Å². The molecular formula is C23H32N6O10. The van der Waals surface area contributed by atoms with Crippen LogP contribution in [0.25, 0.3) is 0 Å². The maximum Gasteiger partial charge on any atom is 0.326 e. The molecule has 16 nitrogen and oxygen atoms in total. The third-order valence-electron chi connectivity index (χ3n) is 5.35. The zero-order valence-electron chi connectivity index (χ0n) is 20.8. The van der Waals surface area contributed by atoms with Crippen molar-refractivity contribution in [3.63, 3.8) is 0 Å². The van der Waals surface area contributed by atoms with Crippen LogP contribution in [0.4, 0.5) is 0 Å². The summed E-state index contributed by atoms with van der Waals surface area (Å²) in [6, 6.07) is -0.361. The minimum Gasteiger partial charge on any atom is -0.508 e. The number of primary amides is 2. The molecule has 4 unspecified atom stereocenters. The Balaban J connectivity index is 3.14. The molecule has 0 bridgehead atoms. The molecular weight excluding hydrogens is 520 g/mol. The molecule has 0 aliphatic carbocycles. The first-order chi connectivity index (χ1) is 18.2. The number of rotatable bonds is 17. The number of aliphatic carboxylic acids is 2. The predicted octanol–water partition coefficient (Wildman–Crippen LogP) is -3.19. The van der Waals surface area contributed by atoms with E-state index in [4.69, 9.17) is 22.3 Å². The van der Waals surface area contributed by atoms with Gasteiger partial charge in [-0.25, -0.2) is 4.79 Å². The van der Waals surface area contributed by atoms with Crippen LogP contribution in [0.5, 0.6) is 5.75 Å². The lowest BCUT2D eigenvalue weighted by molar-refractivity contribution is -0.143. The number of aromatic hydroxyl groups is 1. The molecule has 214 valence electrons. The summed E-state index contributed by atoms with van der Waals surface area (Å²) in [4.78, 5) is 83.3. The van der Waals surface area contributed by atoms with Gasteiger partial charge < -0.3 is 48.5 Å². The fourth-order valence-corrected chi connectivity index (χ4v) is 3.26. The molecule has 0 aliphatic rings. The van der Waals surface area contributed by atoms with Gasteiger partial charge in [-0.1, -0.05) is 12.1 Å². The lowest BCUT2D eigenvalue weighted by atomic mass is 10.0. The maximum absolute atomic E-state index is 13.1. The van der Waals surface area contributed by atoms with Crippen LogP contribution >= 0.6 is 0 Å². The number of carbonyl (C=O) groups is 7. The van der Waals surface area contributed by atoms with Crippen LogP contribution in [-0.2, 0) is 40.0 Å². The lowest BCUT2D eigenvalue weighted by Gasteiger charge is -2.25. The van der Waals surface area contributed by atoms with Gasteiger partial charge in [0.25, 0.3) is 0 Å². The smallest absolute Gasteiger partial charge is 0.326 e. The Morgan fingerprint density at radius 2 is 1.26 bits per heavy atom. The molecule has 0 aliphatic heterocycles. The summed E-state index contributed by atoms with van der Waals surface area (Å²) in [5.74, 6) is -7.54. The van der Waals surface area contributed by atoms with Crippen molar-refractivity contribution < 1.29 is 48.9 Å². The summed E-state index contributed by atoms with van der Waals surface area (Å²) >= 11 is 0. The molecule has 4 atom stereocenters. The normalized spacial score (nSPS) is 13.7. The molecule has 0 saturated heterocycles. The van der Waals surface area contributed by atoms with Gasteiger partial charge in [-0.3, -0.25) is 28.8 Å². The van der Waals surface area contributed by atoms with E-state index in [9.17, 15) is 43.8 Å². The summed E-state index contributed by atoms with van der Waals surface area (Å²) < 4.78 is 0. The summed E-state index contributed by atoms with van der Waals surface area (Å²) in [7, 11) is 0. The first-order valence-corrected chi connectivity index (χ1v) is 11.6. The number of nitrogens with one attached hydrogen (secondary N) is 3. The highest BCUT2D eigenvalue weighted by Crippen LogP contribution is 2.12.